The number of hydrogen-bond acceptors (Lipinski definition) is 3. The van der Waals surface area contributed by atoms with Crippen molar-refractivity contribution in [3.05, 3.63) is 29.8 Å². The number of amides is 1. The second-order valence-electron chi connectivity index (χ2n) is 7.91. The molecule has 130 valence electrons. The predicted octanol–water partition coefficient (Wildman–Crippen LogP) is 3.46. The average Bonchev–Trinajstić information content (AvgIpc) is 3.17. The van der Waals surface area contributed by atoms with Crippen LogP contribution in [0.25, 0.3) is 0 Å². The van der Waals surface area contributed by atoms with Crippen molar-refractivity contribution in [2.24, 2.45) is 11.7 Å². The summed E-state index contributed by atoms with van der Waals surface area (Å²) < 4.78 is 6.37. The Morgan fingerprint density at radius 3 is 2.75 bits per heavy atom. The van der Waals surface area contributed by atoms with E-state index in [9.17, 15) is 4.79 Å². The number of ether oxygens (including phenoxy) is 1. The van der Waals surface area contributed by atoms with Crippen molar-refractivity contribution in [1.29, 1.82) is 0 Å². The van der Waals surface area contributed by atoms with E-state index in [1.165, 1.54) is 12.8 Å². The molecule has 1 heterocycles. The quantitative estimate of drug-likeness (QED) is 0.893. The Bertz CT molecular complexity index is 609. The summed E-state index contributed by atoms with van der Waals surface area (Å²) in [7, 11) is 0. The second kappa shape index (κ2) is 6.40. The zero-order chi connectivity index (χ0) is 16.6. The zero-order valence-electron chi connectivity index (χ0n) is 14.3. The molecule has 24 heavy (non-hydrogen) atoms. The number of fused-ring (bicyclic) bond motifs is 1. The summed E-state index contributed by atoms with van der Waals surface area (Å²) in [6.45, 7) is 0. The normalized spacial score (nSPS) is 30.8. The first-order chi connectivity index (χ1) is 11.7. The van der Waals surface area contributed by atoms with E-state index in [0.29, 0.717) is 12.3 Å². The molecule has 4 nitrogen and oxygen atoms in total. The molecule has 2 fully saturated rings. The van der Waals surface area contributed by atoms with Gasteiger partial charge in [0.05, 0.1) is 6.04 Å². The van der Waals surface area contributed by atoms with Crippen LogP contribution < -0.4 is 15.8 Å². The molecule has 3 atom stereocenters. The molecule has 1 aromatic rings. The van der Waals surface area contributed by atoms with E-state index in [1.54, 1.807) is 0 Å². The molecular weight excluding hydrogens is 300 g/mol. The Hall–Kier alpha value is -1.55. The Labute approximate surface area is 144 Å². The van der Waals surface area contributed by atoms with Crippen LogP contribution in [0.1, 0.15) is 69.4 Å². The van der Waals surface area contributed by atoms with Crippen LogP contribution in [0, 0.1) is 5.92 Å². The van der Waals surface area contributed by atoms with Crippen molar-refractivity contribution in [3.8, 4) is 5.75 Å². The number of nitrogens with one attached hydrogen (secondary N) is 1. The van der Waals surface area contributed by atoms with Crippen LogP contribution in [-0.4, -0.2) is 17.6 Å². The maximum atomic E-state index is 12.6. The van der Waals surface area contributed by atoms with Crippen LogP contribution in [-0.2, 0) is 4.79 Å². The molecule has 4 rings (SSSR count). The zero-order valence-corrected chi connectivity index (χ0v) is 14.3. The number of carbonyl (C=O) groups excluding carboxylic acids is 1. The van der Waals surface area contributed by atoms with Gasteiger partial charge in [0.25, 0.3) is 0 Å². The minimum atomic E-state index is -0.0734. The van der Waals surface area contributed by atoms with Crippen LogP contribution in [0.4, 0.5) is 0 Å². The molecule has 1 amide bonds. The van der Waals surface area contributed by atoms with Gasteiger partial charge >= 0.3 is 0 Å². The molecule has 0 saturated heterocycles. The molecule has 1 aromatic carbocycles. The fourth-order valence-corrected chi connectivity index (χ4v) is 4.88. The smallest absolute Gasteiger partial charge is 0.220 e. The number of benzene rings is 1. The van der Waals surface area contributed by atoms with E-state index < -0.39 is 0 Å². The Morgan fingerprint density at radius 2 is 2.00 bits per heavy atom. The number of rotatable bonds is 3. The molecule has 1 aliphatic heterocycles. The van der Waals surface area contributed by atoms with Gasteiger partial charge in [-0.05, 0) is 50.5 Å². The fourth-order valence-electron chi connectivity index (χ4n) is 4.88. The monoisotopic (exact) mass is 328 g/mol. The summed E-state index contributed by atoms with van der Waals surface area (Å²) in [6.07, 6.45) is 9.40. The lowest BCUT2D eigenvalue weighted by Crippen LogP contribution is -2.44. The summed E-state index contributed by atoms with van der Waals surface area (Å²) in [5, 5.41) is 3.30. The minimum Gasteiger partial charge on any atom is -0.487 e. The molecule has 4 heteroatoms. The van der Waals surface area contributed by atoms with Gasteiger partial charge in [0.2, 0.25) is 5.91 Å². The summed E-state index contributed by atoms with van der Waals surface area (Å²) in [5.74, 6) is 1.45. The van der Waals surface area contributed by atoms with E-state index in [2.05, 4.69) is 11.4 Å². The lowest BCUT2D eigenvalue weighted by molar-refractivity contribution is -0.123. The van der Waals surface area contributed by atoms with Crippen LogP contribution in [0.2, 0.25) is 0 Å². The first kappa shape index (κ1) is 15.9. The second-order valence-corrected chi connectivity index (χ2v) is 7.91. The van der Waals surface area contributed by atoms with Crippen LogP contribution in [0.15, 0.2) is 24.3 Å². The van der Waals surface area contributed by atoms with E-state index in [0.717, 1.165) is 49.8 Å². The van der Waals surface area contributed by atoms with Gasteiger partial charge < -0.3 is 15.8 Å². The molecule has 0 bridgehead atoms. The maximum absolute atomic E-state index is 12.6. The predicted molar refractivity (Wildman–Crippen MR) is 93.7 cm³/mol. The molecule has 2 aliphatic carbocycles. The third-order valence-electron chi connectivity index (χ3n) is 6.21. The van der Waals surface area contributed by atoms with E-state index >= 15 is 0 Å². The Morgan fingerprint density at radius 1 is 1.21 bits per heavy atom. The van der Waals surface area contributed by atoms with Gasteiger partial charge in [0, 0.05) is 24.4 Å². The third kappa shape index (κ3) is 3.04. The third-order valence-corrected chi connectivity index (χ3v) is 6.21. The minimum absolute atomic E-state index is 0.0678. The van der Waals surface area contributed by atoms with Crippen molar-refractivity contribution in [2.45, 2.75) is 75.5 Å². The van der Waals surface area contributed by atoms with Crippen molar-refractivity contribution < 1.29 is 9.53 Å². The standard InChI is InChI=1S/C20H28N2O2/c21-16-8-5-6-14(16)12-19(23)22-17-13-20(10-3-4-11-20)24-18-9-2-1-7-15(17)18/h1-2,7,9,14,16-17H,3-6,8,10-13,21H2,(H,22,23)/t14-,16+,17?/m0/s1. The molecule has 2 saturated carbocycles. The average molecular weight is 328 g/mol. The van der Waals surface area contributed by atoms with Gasteiger partial charge in [-0.1, -0.05) is 24.6 Å². The molecule has 3 N–H and O–H groups in total. The summed E-state index contributed by atoms with van der Waals surface area (Å²) >= 11 is 0. The number of nitrogens with two attached hydrogens (primary N) is 1. The van der Waals surface area contributed by atoms with Gasteiger partial charge in [0.15, 0.2) is 0 Å². The molecule has 0 radical (unpaired) electrons. The van der Waals surface area contributed by atoms with Crippen molar-refractivity contribution >= 4 is 5.91 Å². The summed E-state index contributed by atoms with van der Waals surface area (Å²) in [6, 6.07) is 8.44. The number of para-hydroxylation sites is 1. The number of hydrogen-bond donors (Lipinski definition) is 2. The fraction of sp³-hybridized carbons (Fsp3) is 0.650. The molecule has 1 unspecified atom stereocenters. The highest BCUT2D eigenvalue weighted by Gasteiger charge is 2.43. The highest BCUT2D eigenvalue weighted by atomic mass is 16.5. The first-order valence-electron chi connectivity index (χ1n) is 9.48. The van der Waals surface area contributed by atoms with Gasteiger partial charge in [-0.3, -0.25) is 4.79 Å². The molecule has 3 aliphatic rings. The van der Waals surface area contributed by atoms with Crippen molar-refractivity contribution in [3.63, 3.8) is 0 Å². The maximum Gasteiger partial charge on any atom is 0.220 e. The van der Waals surface area contributed by atoms with Crippen LogP contribution in [0.5, 0.6) is 5.75 Å². The van der Waals surface area contributed by atoms with Crippen LogP contribution in [0.3, 0.4) is 0 Å². The lowest BCUT2D eigenvalue weighted by Gasteiger charge is -2.40. The van der Waals surface area contributed by atoms with Gasteiger partial charge in [-0.25, -0.2) is 0 Å². The molecular formula is C20H28N2O2. The topological polar surface area (TPSA) is 64.4 Å². The summed E-state index contributed by atoms with van der Waals surface area (Å²) in [4.78, 5) is 12.6. The Kier molecular flexibility index (Phi) is 4.25. The van der Waals surface area contributed by atoms with Gasteiger partial charge in [-0.2, -0.15) is 0 Å². The largest absolute Gasteiger partial charge is 0.487 e. The van der Waals surface area contributed by atoms with Crippen molar-refractivity contribution in [1.82, 2.24) is 5.32 Å². The highest BCUT2D eigenvalue weighted by molar-refractivity contribution is 5.77. The lowest BCUT2D eigenvalue weighted by atomic mass is 9.85. The van der Waals surface area contributed by atoms with Gasteiger partial charge in [-0.15, -0.1) is 0 Å². The number of carbonyl (C=O) groups is 1. The van der Waals surface area contributed by atoms with E-state index in [-0.39, 0.29) is 23.6 Å². The SMILES string of the molecule is N[C@@H]1CCC[C@H]1CC(=O)NC1CC2(CCCC2)Oc2ccccc21. The molecule has 0 aromatic heterocycles. The van der Waals surface area contributed by atoms with Crippen molar-refractivity contribution in [2.75, 3.05) is 0 Å². The molecule has 1 spiro atoms. The van der Waals surface area contributed by atoms with Crippen LogP contribution >= 0.6 is 0 Å². The van der Waals surface area contributed by atoms with Gasteiger partial charge in [0.1, 0.15) is 11.4 Å². The Balaban J connectivity index is 1.49. The van der Waals surface area contributed by atoms with E-state index in [4.69, 9.17) is 10.5 Å². The summed E-state index contributed by atoms with van der Waals surface area (Å²) in [5.41, 5.74) is 7.18. The van der Waals surface area contributed by atoms with E-state index in [1.807, 2.05) is 18.2 Å². The first-order valence-corrected chi connectivity index (χ1v) is 9.48. The highest BCUT2D eigenvalue weighted by Crippen LogP contribution is 2.47.